The molecule has 0 spiro atoms. The largest absolute Gasteiger partial charge is 0.381 e. The van der Waals surface area contributed by atoms with Crippen molar-refractivity contribution in [2.45, 2.75) is 25.0 Å². The summed E-state index contributed by atoms with van der Waals surface area (Å²) in [5.74, 6) is 0. The van der Waals surface area contributed by atoms with Crippen molar-refractivity contribution in [3.05, 3.63) is 0 Å². The van der Waals surface area contributed by atoms with E-state index >= 15 is 0 Å². The molecular formula is C9H17N3O. The summed E-state index contributed by atoms with van der Waals surface area (Å²) in [6, 6.07) is 2.48. The molecule has 1 saturated heterocycles. The number of nitriles is 1. The second kappa shape index (κ2) is 5.18. The number of likely N-dealkylation sites (tertiary alicyclic amines) is 1. The van der Waals surface area contributed by atoms with Crippen molar-refractivity contribution < 1.29 is 4.74 Å². The van der Waals surface area contributed by atoms with Crippen molar-refractivity contribution in [1.82, 2.24) is 4.90 Å². The number of nitrogens with zero attached hydrogens (tertiary/aromatic N) is 2. The van der Waals surface area contributed by atoms with Crippen LogP contribution in [0.15, 0.2) is 0 Å². The van der Waals surface area contributed by atoms with Crippen molar-refractivity contribution in [2.75, 3.05) is 26.7 Å². The van der Waals surface area contributed by atoms with Gasteiger partial charge in [-0.3, -0.25) is 4.90 Å². The third kappa shape index (κ3) is 2.66. The molecule has 0 radical (unpaired) electrons. The van der Waals surface area contributed by atoms with Crippen LogP contribution in [-0.2, 0) is 4.74 Å². The Morgan fingerprint density at radius 3 is 3.00 bits per heavy atom. The van der Waals surface area contributed by atoms with Crippen LogP contribution in [0.3, 0.4) is 0 Å². The maximum Gasteiger partial charge on any atom is 0.0868 e. The summed E-state index contributed by atoms with van der Waals surface area (Å²) < 4.78 is 5.28. The molecule has 1 aliphatic rings. The highest BCUT2D eigenvalue weighted by Gasteiger charge is 2.26. The Morgan fingerprint density at radius 2 is 2.46 bits per heavy atom. The lowest BCUT2D eigenvalue weighted by Gasteiger charge is -2.36. The average Bonchev–Trinajstić information content (AvgIpc) is 2.19. The van der Waals surface area contributed by atoms with E-state index in [4.69, 9.17) is 15.7 Å². The molecule has 1 heterocycles. The van der Waals surface area contributed by atoms with Crippen LogP contribution >= 0.6 is 0 Å². The molecule has 4 heteroatoms. The van der Waals surface area contributed by atoms with Gasteiger partial charge >= 0.3 is 0 Å². The lowest BCUT2D eigenvalue weighted by molar-refractivity contribution is 0.0183. The first kappa shape index (κ1) is 10.5. The van der Waals surface area contributed by atoms with E-state index in [9.17, 15) is 0 Å². The van der Waals surface area contributed by atoms with Gasteiger partial charge in [-0.05, 0) is 12.8 Å². The first-order valence-electron chi connectivity index (χ1n) is 4.65. The van der Waals surface area contributed by atoms with E-state index in [1.54, 1.807) is 7.11 Å². The molecule has 0 amide bonds. The minimum absolute atomic E-state index is 0.318. The van der Waals surface area contributed by atoms with Crippen LogP contribution < -0.4 is 5.73 Å². The molecule has 2 unspecified atom stereocenters. The van der Waals surface area contributed by atoms with Crippen molar-refractivity contribution in [3.8, 4) is 6.07 Å². The molecule has 2 atom stereocenters. The maximum absolute atomic E-state index is 8.59. The number of hydrogen-bond acceptors (Lipinski definition) is 4. The Balaban J connectivity index is 2.46. The Kier molecular flexibility index (Phi) is 4.16. The minimum Gasteiger partial charge on any atom is -0.381 e. The van der Waals surface area contributed by atoms with E-state index in [1.807, 2.05) is 0 Å². The van der Waals surface area contributed by atoms with Crippen LogP contribution in [0.25, 0.3) is 0 Å². The first-order chi connectivity index (χ1) is 6.31. The van der Waals surface area contributed by atoms with Gasteiger partial charge in [-0.2, -0.15) is 5.26 Å². The fourth-order valence-corrected chi connectivity index (χ4v) is 1.82. The fraction of sp³-hybridized carbons (Fsp3) is 0.889. The topological polar surface area (TPSA) is 62.3 Å². The Bertz CT molecular complexity index is 190. The number of piperidine rings is 1. The van der Waals surface area contributed by atoms with E-state index in [2.05, 4.69) is 11.0 Å². The first-order valence-corrected chi connectivity index (χ1v) is 4.65. The quantitative estimate of drug-likeness (QED) is 0.623. The Labute approximate surface area is 79.3 Å². The third-order valence-electron chi connectivity index (χ3n) is 2.67. The number of hydrogen-bond donors (Lipinski definition) is 1. The summed E-state index contributed by atoms with van der Waals surface area (Å²) in [6.45, 7) is 2.02. The molecule has 13 heavy (non-hydrogen) atoms. The highest BCUT2D eigenvalue weighted by Crippen LogP contribution is 2.18. The zero-order valence-corrected chi connectivity index (χ0v) is 8.07. The molecule has 4 nitrogen and oxygen atoms in total. The van der Waals surface area contributed by atoms with Gasteiger partial charge in [0.1, 0.15) is 0 Å². The second-order valence-electron chi connectivity index (χ2n) is 3.40. The monoisotopic (exact) mass is 183 g/mol. The molecule has 0 aromatic rings. The summed E-state index contributed by atoms with van der Waals surface area (Å²) >= 11 is 0. The standard InChI is InChI=1S/C9H17N3O/c1-13-9-2-4-12(5-3-10)8(6-9)7-11/h8-9H,2,4-7,11H2,1H3. The lowest BCUT2D eigenvalue weighted by atomic mass is 9.99. The highest BCUT2D eigenvalue weighted by atomic mass is 16.5. The number of methoxy groups -OCH3 is 1. The van der Waals surface area contributed by atoms with Crippen molar-refractivity contribution >= 4 is 0 Å². The SMILES string of the molecule is COC1CCN(CC#N)C(CN)C1. The number of nitrogens with two attached hydrogens (primary N) is 1. The maximum atomic E-state index is 8.59. The summed E-state index contributed by atoms with van der Waals surface area (Å²) in [4.78, 5) is 2.13. The van der Waals surface area contributed by atoms with Crippen LogP contribution in [0, 0.1) is 11.3 Å². The molecule has 2 N–H and O–H groups in total. The summed E-state index contributed by atoms with van der Waals surface area (Å²) in [6.07, 6.45) is 2.28. The minimum atomic E-state index is 0.318. The van der Waals surface area contributed by atoms with Gasteiger partial charge in [-0.15, -0.1) is 0 Å². The van der Waals surface area contributed by atoms with Crippen molar-refractivity contribution in [2.24, 2.45) is 5.73 Å². The molecule has 1 rings (SSSR count). The molecule has 0 aromatic heterocycles. The zero-order chi connectivity index (χ0) is 9.68. The van der Waals surface area contributed by atoms with Crippen LogP contribution in [0.2, 0.25) is 0 Å². The van der Waals surface area contributed by atoms with Crippen molar-refractivity contribution in [1.29, 1.82) is 5.26 Å². The predicted molar refractivity (Wildman–Crippen MR) is 50.1 cm³/mol. The predicted octanol–water partition coefficient (Wildman–Crippen LogP) is -0.0519. The van der Waals surface area contributed by atoms with Gasteiger partial charge < -0.3 is 10.5 Å². The van der Waals surface area contributed by atoms with Crippen LogP contribution in [0.4, 0.5) is 0 Å². The number of ether oxygens (including phenoxy) is 1. The third-order valence-corrected chi connectivity index (χ3v) is 2.67. The highest BCUT2D eigenvalue weighted by molar-refractivity contribution is 4.88. The summed E-state index contributed by atoms with van der Waals surface area (Å²) in [5, 5.41) is 8.59. The van der Waals surface area contributed by atoms with E-state index < -0.39 is 0 Å². The van der Waals surface area contributed by atoms with E-state index in [0.717, 1.165) is 19.4 Å². The van der Waals surface area contributed by atoms with Gasteiger partial charge in [0.25, 0.3) is 0 Å². The summed E-state index contributed by atoms with van der Waals surface area (Å²) in [5.41, 5.74) is 5.63. The normalized spacial score (nSPS) is 29.9. The Hall–Kier alpha value is -0.630. The fourth-order valence-electron chi connectivity index (χ4n) is 1.82. The van der Waals surface area contributed by atoms with Gasteiger partial charge in [0.2, 0.25) is 0 Å². The molecule has 0 aliphatic carbocycles. The lowest BCUT2D eigenvalue weighted by Crippen LogP contribution is -2.48. The van der Waals surface area contributed by atoms with Gasteiger partial charge in [-0.25, -0.2) is 0 Å². The molecule has 0 saturated carbocycles. The van der Waals surface area contributed by atoms with Crippen molar-refractivity contribution in [3.63, 3.8) is 0 Å². The molecule has 1 fully saturated rings. The second-order valence-corrected chi connectivity index (χ2v) is 3.40. The van der Waals surface area contributed by atoms with Crippen LogP contribution in [0.1, 0.15) is 12.8 Å². The molecule has 1 aliphatic heterocycles. The molecule has 0 aromatic carbocycles. The number of rotatable bonds is 3. The summed E-state index contributed by atoms with van der Waals surface area (Å²) in [7, 11) is 1.73. The van der Waals surface area contributed by atoms with Gasteiger partial charge in [0, 0.05) is 26.2 Å². The van der Waals surface area contributed by atoms with Gasteiger partial charge in [0.15, 0.2) is 0 Å². The van der Waals surface area contributed by atoms with Crippen LogP contribution in [-0.4, -0.2) is 43.8 Å². The van der Waals surface area contributed by atoms with E-state index in [1.165, 1.54) is 0 Å². The molecular weight excluding hydrogens is 166 g/mol. The zero-order valence-electron chi connectivity index (χ0n) is 8.07. The molecule has 74 valence electrons. The van der Waals surface area contributed by atoms with Gasteiger partial charge in [0.05, 0.1) is 18.7 Å². The average molecular weight is 183 g/mol. The van der Waals surface area contributed by atoms with E-state index in [0.29, 0.717) is 25.2 Å². The Morgan fingerprint density at radius 1 is 1.69 bits per heavy atom. The van der Waals surface area contributed by atoms with Crippen LogP contribution in [0.5, 0.6) is 0 Å². The smallest absolute Gasteiger partial charge is 0.0868 e. The molecule has 0 bridgehead atoms. The van der Waals surface area contributed by atoms with Gasteiger partial charge in [-0.1, -0.05) is 0 Å². The van der Waals surface area contributed by atoms with E-state index in [-0.39, 0.29) is 0 Å².